The van der Waals surface area contributed by atoms with Crippen molar-refractivity contribution in [1.82, 2.24) is 20.0 Å². The van der Waals surface area contributed by atoms with Crippen LogP contribution in [-0.2, 0) is 16.0 Å². The summed E-state index contributed by atoms with van der Waals surface area (Å²) in [6, 6.07) is 6.61. The van der Waals surface area contributed by atoms with Crippen molar-refractivity contribution in [2.45, 2.75) is 38.4 Å². The molecule has 2 N–H and O–H groups in total. The van der Waals surface area contributed by atoms with Crippen LogP contribution in [0.25, 0.3) is 22.3 Å². The Hall–Kier alpha value is -3.67. The molecule has 1 saturated heterocycles. The molecule has 2 aromatic heterocycles. The van der Waals surface area contributed by atoms with Crippen LogP contribution in [0.3, 0.4) is 0 Å². The molecule has 0 atom stereocenters. The van der Waals surface area contributed by atoms with Crippen LogP contribution >= 0.6 is 0 Å². The number of carbonyl (C=O) groups excluding carboxylic acids is 2. The minimum absolute atomic E-state index is 0.102. The summed E-state index contributed by atoms with van der Waals surface area (Å²) in [7, 11) is 0. The standard InChI is InChI=1S/C23H22F3N5O4/c1-12-20(29-13-6-9-34-10-7-13)30-19-14(3-2-4-16(19)28-12)18-11-15-17(5-8-27-21(15)32)31(18)35-22(33)23(24,25)26/h2-4,11,13H,5-10H2,1H3,(H,27,32)(H,29,30). The van der Waals surface area contributed by atoms with Gasteiger partial charge in [-0.15, -0.1) is 0 Å². The average Bonchev–Trinajstić information content (AvgIpc) is 3.19. The number of halogens is 3. The van der Waals surface area contributed by atoms with Gasteiger partial charge in [0.2, 0.25) is 0 Å². The maximum absolute atomic E-state index is 13.1. The van der Waals surface area contributed by atoms with Gasteiger partial charge in [-0.1, -0.05) is 12.1 Å². The van der Waals surface area contributed by atoms with Crippen LogP contribution < -0.4 is 15.5 Å². The summed E-state index contributed by atoms with van der Waals surface area (Å²) < 4.78 is 45.3. The van der Waals surface area contributed by atoms with E-state index < -0.39 is 18.1 Å². The number of hydrogen-bond donors (Lipinski definition) is 2. The second-order valence-corrected chi connectivity index (χ2v) is 8.43. The van der Waals surface area contributed by atoms with E-state index in [-0.39, 0.29) is 36.0 Å². The monoisotopic (exact) mass is 489 g/mol. The van der Waals surface area contributed by atoms with Gasteiger partial charge in [0.1, 0.15) is 11.3 Å². The molecule has 2 aliphatic heterocycles. The fourth-order valence-corrected chi connectivity index (χ4v) is 4.33. The quantitative estimate of drug-likeness (QED) is 0.580. The van der Waals surface area contributed by atoms with Crippen LogP contribution in [0.4, 0.5) is 19.0 Å². The van der Waals surface area contributed by atoms with E-state index in [1.807, 2.05) is 6.92 Å². The molecule has 9 nitrogen and oxygen atoms in total. The molecule has 4 heterocycles. The number of benzene rings is 1. The van der Waals surface area contributed by atoms with Crippen LogP contribution in [0.5, 0.6) is 0 Å². The number of hydrogen-bond acceptors (Lipinski definition) is 7. The summed E-state index contributed by atoms with van der Waals surface area (Å²) in [6.45, 7) is 3.29. The minimum Gasteiger partial charge on any atom is -0.381 e. The molecule has 0 bridgehead atoms. The number of aromatic nitrogens is 3. The fraction of sp³-hybridized carbons (Fsp3) is 0.391. The van der Waals surface area contributed by atoms with Gasteiger partial charge >= 0.3 is 12.1 Å². The van der Waals surface area contributed by atoms with Crippen LogP contribution in [0.15, 0.2) is 24.3 Å². The highest BCUT2D eigenvalue weighted by Crippen LogP contribution is 2.33. The molecular formula is C23H22F3N5O4. The first-order chi connectivity index (χ1) is 16.7. The molecule has 0 radical (unpaired) electrons. The van der Waals surface area contributed by atoms with Crippen LogP contribution in [-0.4, -0.2) is 58.6 Å². The number of rotatable bonds is 4. The Bertz CT molecular complexity index is 1310. The summed E-state index contributed by atoms with van der Waals surface area (Å²) in [4.78, 5) is 38.3. The molecule has 0 spiro atoms. The molecule has 1 fully saturated rings. The Labute approximate surface area is 197 Å². The normalized spacial score (nSPS) is 16.6. The number of aryl methyl sites for hydroxylation is 1. The van der Waals surface area contributed by atoms with Crippen LogP contribution in [0.1, 0.15) is 34.6 Å². The van der Waals surface area contributed by atoms with Crippen molar-refractivity contribution in [3.63, 3.8) is 0 Å². The topological polar surface area (TPSA) is 107 Å². The first kappa shape index (κ1) is 23.1. The number of fused-ring (bicyclic) bond motifs is 2. The van der Waals surface area contributed by atoms with Crippen LogP contribution in [0, 0.1) is 6.92 Å². The summed E-state index contributed by atoms with van der Waals surface area (Å²) in [6.07, 6.45) is -3.40. The SMILES string of the molecule is Cc1nc2cccc(-c3cc4c(n3OC(=O)C(F)(F)F)CCNC4=O)c2nc1NC1CCOCC1. The molecule has 1 amide bonds. The highest BCUT2D eigenvalue weighted by atomic mass is 19.4. The number of nitrogens with zero attached hydrogens (tertiary/aromatic N) is 3. The molecular weight excluding hydrogens is 467 g/mol. The molecule has 184 valence electrons. The van der Waals surface area contributed by atoms with Gasteiger partial charge in [-0.05, 0) is 31.9 Å². The zero-order valence-electron chi connectivity index (χ0n) is 18.7. The molecule has 35 heavy (non-hydrogen) atoms. The van der Waals surface area contributed by atoms with Crippen molar-refractivity contribution in [2.75, 3.05) is 25.1 Å². The first-order valence-corrected chi connectivity index (χ1v) is 11.2. The van der Waals surface area contributed by atoms with E-state index in [4.69, 9.17) is 14.6 Å². The van der Waals surface area contributed by atoms with Crippen molar-refractivity contribution in [3.05, 3.63) is 41.2 Å². The van der Waals surface area contributed by atoms with Gasteiger partial charge < -0.3 is 20.2 Å². The smallest absolute Gasteiger partial charge is 0.381 e. The molecule has 2 aliphatic rings. The van der Waals surface area contributed by atoms with Gasteiger partial charge in [0.05, 0.1) is 28.2 Å². The lowest BCUT2D eigenvalue weighted by molar-refractivity contribution is -0.199. The lowest BCUT2D eigenvalue weighted by Gasteiger charge is -2.24. The van der Waals surface area contributed by atoms with Crippen LogP contribution in [0.2, 0.25) is 0 Å². The number of anilines is 1. The van der Waals surface area contributed by atoms with Gasteiger partial charge in [0, 0.05) is 37.8 Å². The fourth-order valence-electron chi connectivity index (χ4n) is 4.33. The molecule has 0 unspecified atom stereocenters. The minimum atomic E-state index is -5.21. The van der Waals surface area contributed by atoms with Gasteiger partial charge in [-0.3, -0.25) is 4.79 Å². The second kappa shape index (κ2) is 8.84. The average molecular weight is 489 g/mol. The van der Waals surface area contributed by atoms with E-state index in [2.05, 4.69) is 15.6 Å². The zero-order chi connectivity index (χ0) is 24.7. The predicted molar refractivity (Wildman–Crippen MR) is 119 cm³/mol. The number of para-hydroxylation sites is 1. The summed E-state index contributed by atoms with van der Waals surface area (Å²) in [5.41, 5.74) is 2.37. The number of ether oxygens (including phenoxy) is 1. The number of amides is 1. The Morgan fingerprint density at radius 1 is 1.23 bits per heavy atom. The number of alkyl halides is 3. The zero-order valence-corrected chi connectivity index (χ0v) is 18.7. The van der Waals surface area contributed by atoms with Gasteiger partial charge in [0.25, 0.3) is 5.91 Å². The van der Waals surface area contributed by atoms with E-state index in [1.165, 1.54) is 6.07 Å². The molecule has 12 heteroatoms. The van der Waals surface area contributed by atoms with Gasteiger partial charge in [0.15, 0.2) is 0 Å². The summed E-state index contributed by atoms with van der Waals surface area (Å²) in [5.74, 6) is -2.30. The highest BCUT2D eigenvalue weighted by molar-refractivity contribution is 6.00. The Kier molecular flexibility index (Phi) is 5.83. The van der Waals surface area contributed by atoms with E-state index in [1.54, 1.807) is 18.2 Å². The largest absolute Gasteiger partial charge is 0.493 e. The lowest BCUT2D eigenvalue weighted by atomic mass is 10.1. The Morgan fingerprint density at radius 3 is 2.74 bits per heavy atom. The number of nitrogens with one attached hydrogen (secondary N) is 2. The maximum Gasteiger partial charge on any atom is 0.493 e. The van der Waals surface area contributed by atoms with Crippen molar-refractivity contribution in [2.24, 2.45) is 0 Å². The van der Waals surface area contributed by atoms with E-state index in [0.717, 1.165) is 17.6 Å². The Morgan fingerprint density at radius 2 is 2.00 bits per heavy atom. The Balaban J connectivity index is 1.64. The molecule has 5 rings (SSSR count). The summed E-state index contributed by atoms with van der Waals surface area (Å²) >= 11 is 0. The lowest BCUT2D eigenvalue weighted by Crippen LogP contribution is -2.37. The van der Waals surface area contributed by atoms with Gasteiger partial charge in [-0.25, -0.2) is 14.8 Å². The van der Waals surface area contributed by atoms with Crippen molar-refractivity contribution < 1.29 is 32.3 Å². The highest BCUT2D eigenvalue weighted by Gasteiger charge is 2.43. The van der Waals surface area contributed by atoms with Crippen molar-refractivity contribution in [1.29, 1.82) is 0 Å². The predicted octanol–water partition coefficient (Wildman–Crippen LogP) is 2.80. The third kappa shape index (κ3) is 4.41. The third-order valence-electron chi connectivity index (χ3n) is 6.06. The molecule has 1 aromatic carbocycles. The van der Waals surface area contributed by atoms with E-state index in [9.17, 15) is 22.8 Å². The maximum atomic E-state index is 13.1. The third-order valence-corrected chi connectivity index (χ3v) is 6.06. The van der Waals surface area contributed by atoms with E-state index in [0.29, 0.717) is 41.3 Å². The first-order valence-electron chi connectivity index (χ1n) is 11.2. The molecule has 0 aliphatic carbocycles. The van der Waals surface area contributed by atoms with E-state index >= 15 is 0 Å². The summed E-state index contributed by atoms with van der Waals surface area (Å²) in [5, 5.41) is 6.03. The van der Waals surface area contributed by atoms with Gasteiger partial charge in [-0.2, -0.15) is 17.9 Å². The number of carbonyl (C=O) groups is 2. The molecule has 0 saturated carbocycles. The molecule has 3 aromatic rings. The van der Waals surface area contributed by atoms with Crippen molar-refractivity contribution in [3.8, 4) is 11.3 Å². The van der Waals surface area contributed by atoms with Crippen molar-refractivity contribution >= 4 is 28.7 Å². The second-order valence-electron chi connectivity index (χ2n) is 8.43.